The number of carbonyl (C=O) groups is 1. The van der Waals surface area contributed by atoms with E-state index in [9.17, 15) is 4.79 Å². The molecule has 1 atom stereocenters. The lowest BCUT2D eigenvalue weighted by molar-refractivity contribution is -0.247. The quantitative estimate of drug-likeness (QED) is 0.790. The summed E-state index contributed by atoms with van der Waals surface area (Å²) in [5, 5.41) is 2.93. The molecule has 1 aromatic carbocycles. The van der Waals surface area contributed by atoms with Gasteiger partial charge in [-0.15, -0.1) is 0 Å². The monoisotopic (exact) mass is 408 g/mol. The number of nitrogens with zero attached hydrogens (tertiary/aromatic N) is 2. The number of aliphatic imine (C=N–C) groups is 1. The molecule has 1 unspecified atom stereocenters. The molecule has 3 aliphatic heterocycles. The number of amides is 1. The number of pyridine rings is 1. The van der Waals surface area contributed by atoms with E-state index in [0.717, 1.165) is 11.3 Å². The average molecular weight is 408 g/mol. The van der Waals surface area contributed by atoms with Gasteiger partial charge in [-0.2, -0.15) is 0 Å². The molecule has 0 saturated carbocycles. The first-order valence-corrected chi connectivity index (χ1v) is 9.91. The fourth-order valence-electron chi connectivity index (χ4n) is 4.72. The minimum absolute atomic E-state index is 0.156. The summed E-state index contributed by atoms with van der Waals surface area (Å²) in [6.07, 6.45) is 0. The van der Waals surface area contributed by atoms with Crippen molar-refractivity contribution in [3.05, 3.63) is 53.3 Å². The molecule has 0 radical (unpaired) electrons. The SMILES string of the molecule is Cc1cccc(C(=O)Nc2ccc3c(c2)C2(COC(N)=N2)C2(COC2)C(C)(C)O3)n1. The minimum Gasteiger partial charge on any atom is -0.487 e. The van der Waals surface area contributed by atoms with Gasteiger partial charge in [0.1, 0.15) is 29.2 Å². The van der Waals surface area contributed by atoms with Crippen LogP contribution in [0.3, 0.4) is 0 Å². The first-order valence-electron chi connectivity index (χ1n) is 9.91. The number of anilines is 1. The number of aryl methyl sites for hydroxylation is 1. The molecule has 3 aliphatic rings. The smallest absolute Gasteiger partial charge is 0.283 e. The molecule has 0 bridgehead atoms. The lowest BCUT2D eigenvalue weighted by Crippen LogP contribution is -2.71. The Bertz CT molecular complexity index is 1080. The average Bonchev–Trinajstić information content (AvgIpc) is 3.03. The number of nitrogens with two attached hydrogens (primary N) is 1. The largest absolute Gasteiger partial charge is 0.487 e. The van der Waals surface area contributed by atoms with Crippen LogP contribution in [0.1, 0.15) is 35.6 Å². The Morgan fingerprint density at radius 3 is 2.60 bits per heavy atom. The number of benzene rings is 1. The maximum atomic E-state index is 12.7. The van der Waals surface area contributed by atoms with E-state index in [1.165, 1.54) is 0 Å². The van der Waals surface area contributed by atoms with Crippen LogP contribution >= 0.6 is 0 Å². The van der Waals surface area contributed by atoms with E-state index < -0.39 is 16.6 Å². The van der Waals surface area contributed by atoms with Gasteiger partial charge in [-0.05, 0) is 51.1 Å². The molecule has 8 nitrogen and oxygen atoms in total. The maximum absolute atomic E-state index is 12.7. The van der Waals surface area contributed by atoms with Crippen LogP contribution in [-0.4, -0.2) is 42.3 Å². The van der Waals surface area contributed by atoms with Crippen LogP contribution in [0.4, 0.5) is 5.69 Å². The second kappa shape index (κ2) is 6.18. The van der Waals surface area contributed by atoms with Crippen molar-refractivity contribution in [2.45, 2.75) is 31.9 Å². The molecule has 1 saturated heterocycles. The number of rotatable bonds is 2. The van der Waals surface area contributed by atoms with Crippen LogP contribution in [0.2, 0.25) is 0 Å². The van der Waals surface area contributed by atoms with Gasteiger partial charge in [0.15, 0.2) is 0 Å². The predicted molar refractivity (Wildman–Crippen MR) is 111 cm³/mol. The van der Waals surface area contributed by atoms with Crippen molar-refractivity contribution in [2.24, 2.45) is 16.1 Å². The Morgan fingerprint density at radius 1 is 1.17 bits per heavy atom. The third-order valence-electron chi connectivity index (χ3n) is 6.54. The molecule has 1 amide bonds. The minimum atomic E-state index is -0.741. The summed E-state index contributed by atoms with van der Waals surface area (Å²) >= 11 is 0. The Balaban J connectivity index is 1.57. The molecule has 1 fully saturated rings. The van der Waals surface area contributed by atoms with Crippen molar-refractivity contribution in [2.75, 3.05) is 25.1 Å². The third-order valence-corrected chi connectivity index (χ3v) is 6.54. The number of carbonyl (C=O) groups excluding carboxylic acids is 1. The Labute approximate surface area is 174 Å². The second-order valence-corrected chi connectivity index (χ2v) is 8.62. The summed E-state index contributed by atoms with van der Waals surface area (Å²) in [6, 6.07) is 11.1. The van der Waals surface area contributed by atoms with Crippen LogP contribution in [0.5, 0.6) is 5.75 Å². The number of nitrogens with one attached hydrogen (secondary N) is 1. The van der Waals surface area contributed by atoms with Gasteiger partial charge >= 0.3 is 0 Å². The standard InChI is InChI=1S/C22H24N4O4/c1-13-5-4-6-16(24-13)18(27)25-14-7-8-17-15(9-14)22(12-29-19(23)26-22)21(10-28-11-21)20(2,3)30-17/h4-9H,10-12H2,1-3H3,(H2,23,26)(H,25,27). The van der Waals surface area contributed by atoms with Crippen LogP contribution in [0, 0.1) is 12.3 Å². The number of ether oxygens (including phenoxy) is 3. The van der Waals surface area contributed by atoms with Crippen LogP contribution < -0.4 is 15.8 Å². The zero-order valence-corrected chi connectivity index (χ0v) is 17.2. The van der Waals surface area contributed by atoms with Crippen molar-refractivity contribution in [3.63, 3.8) is 0 Å². The lowest BCUT2D eigenvalue weighted by Gasteiger charge is -2.61. The molecule has 4 heterocycles. The van der Waals surface area contributed by atoms with E-state index in [1.54, 1.807) is 6.07 Å². The highest BCUT2D eigenvalue weighted by Gasteiger charge is 2.71. The topological polar surface area (TPSA) is 108 Å². The van der Waals surface area contributed by atoms with Gasteiger partial charge in [0, 0.05) is 16.9 Å². The maximum Gasteiger partial charge on any atom is 0.283 e. The summed E-state index contributed by atoms with van der Waals surface area (Å²) < 4.78 is 17.7. The molecule has 156 valence electrons. The molecule has 1 aromatic heterocycles. The van der Waals surface area contributed by atoms with E-state index in [-0.39, 0.29) is 11.9 Å². The molecule has 2 spiro atoms. The fraction of sp³-hybridized carbons (Fsp3) is 0.409. The molecular formula is C22H24N4O4. The highest BCUT2D eigenvalue weighted by molar-refractivity contribution is 6.03. The molecule has 3 N–H and O–H groups in total. The van der Waals surface area contributed by atoms with Gasteiger partial charge in [-0.1, -0.05) is 6.07 Å². The fourth-order valence-corrected chi connectivity index (χ4v) is 4.72. The van der Waals surface area contributed by atoms with Crippen molar-refractivity contribution >= 4 is 17.6 Å². The molecule has 8 heteroatoms. The second-order valence-electron chi connectivity index (χ2n) is 8.62. The lowest BCUT2D eigenvalue weighted by atomic mass is 9.55. The third kappa shape index (κ3) is 2.46. The van der Waals surface area contributed by atoms with Gasteiger partial charge in [0.05, 0.1) is 18.6 Å². The Hall–Kier alpha value is -3.13. The summed E-state index contributed by atoms with van der Waals surface area (Å²) in [5.41, 5.74) is 6.86. The van der Waals surface area contributed by atoms with Crippen molar-refractivity contribution < 1.29 is 19.0 Å². The van der Waals surface area contributed by atoms with Gasteiger partial charge in [-0.3, -0.25) is 4.79 Å². The van der Waals surface area contributed by atoms with Crippen LogP contribution in [-0.2, 0) is 15.0 Å². The van der Waals surface area contributed by atoms with Gasteiger partial charge in [0.2, 0.25) is 0 Å². The molecule has 0 aliphatic carbocycles. The van der Waals surface area contributed by atoms with Gasteiger partial charge in [0.25, 0.3) is 11.9 Å². The number of hydrogen-bond donors (Lipinski definition) is 2. The summed E-state index contributed by atoms with van der Waals surface area (Å²) in [5.74, 6) is 0.420. The van der Waals surface area contributed by atoms with E-state index >= 15 is 0 Å². The molecule has 2 aromatic rings. The zero-order valence-electron chi connectivity index (χ0n) is 17.2. The summed E-state index contributed by atoms with van der Waals surface area (Å²) in [4.78, 5) is 21.8. The zero-order chi connectivity index (χ0) is 21.1. The first kappa shape index (κ1) is 18.9. The van der Waals surface area contributed by atoms with Crippen molar-refractivity contribution in [1.29, 1.82) is 0 Å². The van der Waals surface area contributed by atoms with Crippen molar-refractivity contribution in [1.82, 2.24) is 4.98 Å². The predicted octanol–water partition coefficient (Wildman–Crippen LogP) is 2.37. The molecule has 30 heavy (non-hydrogen) atoms. The summed E-state index contributed by atoms with van der Waals surface area (Å²) in [7, 11) is 0. The van der Waals surface area contributed by atoms with Gasteiger partial charge < -0.3 is 25.3 Å². The Morgan fingerprint density at radius 2 is 1.97 bits per heavy atom. The Kier molecular flexibility index (Phi) is 3.89. The normalized spacial score (nSPS) is 25.0. The van der Waals surface area contributed by atoms with Crippen LogP contribution in [0.15, 0.2) is 41.4 Å². The molecular weight excluding hydrogens is 384 g/mol. The first-order chi connectivity index (χ1) is 14.3. The number of fused-ring (bicyclic) bond motifs is 3. The van der Waals surface area contributed by atoms with Gasteiger partial charge in [-0.25, -0.2) is 9.98 Å². The van der Waals surface area contributed by atoms with E-state index in [2.05, 4.69) is 10.3 Å². The van der Waals surface area contributed by atoms with Crippen LogP contribution in [0.25, 0.3) is 0 Å². The van der Waals surface area contributed by atoms with E-state index in [4.69, 9.17) is 24.9 Å². The summed E-state index contributed by atoms with van der Waals surface area (Å²) in [6.45, 7) is 7.22. The highest BCUT2D eigenvalue weighted by atomic mass is 16.5. The van der Waals surface area contributed by atoms with Crippen molar-refractivity contribution in [3.8, 4) is 5.75 Å². The van der Waals surface area contributed by atoms with E-state index in [0.29, 0.717) is 37.0 Å². The number of aromatic nitrogens is 1. The highest BCUT2D eigenvalue weighted by Crippen LogP contribution is 2.62. The number of amidine groups is 1. The molecule has 5 rings (SSSR count). The number of hydrogen-bond acceptors (Lipinski definition) is 7. The van der Waals surface area contributed by atoms with E-state index in [1.807, 2.05) is 51.1 Å².